The van der Waals surface area contributed by atoms with E-state index in [2.05, 4.69) is 10.1 Å². The van der Waals surface area contributed by atoms with Gasteiger partial charge in [-0.25, -0.2) is 4.79 Å². The number of amides is 3. The van der Waals surface area contributed by atoms with Gasteiger partial charge in [0.25, 0.3) is 0 Å². The van der Waals surface area contributed by atoms with Gasteiger partial charge in [-0.2, -0.15) is 0 Å². The number of nitrogens with zero attached hydrogens (tertiary/aromatic N) is 2. The van der Waals surface area contributed by atoms with Crippen LogP contribution in [0.3, 0.4) is 0 Å². The Morgan fingerprint density at radius 2 is 2.11 bits per heavy atom. The van der Waals surface area contributed by atoms with E-state index in [4.69, 9.17) is 4.74 Å². The topological polar surface area (TPSA) is 105 Å². The molecule has 3 rings (SSSR count). The van der Waals surface area contributed by atoms with Crippen molar-refractivity contribution >= 4 is 47.0 Å². The number of benzene rings is 1. The van der Waals surface area contributed by atoms with Crippen molar-refractivity contribution in [3.8, 4) is 0 Å². The van der Waals surface area contributed by atoms with Crippen LogP contribution in [0.25, 0.3) is 0 Å². The summed E-state index contributed by atoms with van der Waals surface area (Å²) in [7, 11) is 2.99. The van der Waals surface area contributed by atoms with Crippen molar-refractivity contribution in [2.75, 3.05) is 42.8 Å². The molecule has 28 heavy (non-hydrogen) atoms. The van der Waals surface area contributed by atoms with Crippen LogP contribution in [0.2, 0.25) is 0 Å². The fourth-order valence-electron chi connectivity index (χ4n) is 2.91. The smallest absolute Gasteiger partial charge is 0.414 e. The van der Waals surface area contributed by atoms with Crippen molar-refractivity contribution in [3.05, 3.63) is 18.2 Å². The number of fused-ring (bicyclic) bond motifs is 1. The molecule has 0 spiro atoms. The van der Waals surface area contributed by atoms with Gasteiger partial charge in [-0.1, -0.05) is 0 Å². The predicted molar refractivity (Wildman–Crippen MR) is 102 cm³/mol. The van der Waals surface area contributed by atoms with Crippen molar-refractivity contribution in [1.29, 1.82) is 0 Å². The Labute approximate surface area is 166 Å². The Kier molecular flexibility index (Phi) is 6.08. The Hall–Kier alpha value is -2.75. The summed E-state index contributed by atoms with van der Waals surface area (Å²) < 4.78 is 9.81. The fraction of sp³-hybridized carbons (Fsp3) is 0.444. The lowest BCUT2D eigenvalue weighted by Crippen LogP contribution is -2.35. The fourth-order valence-corrected chi connectivity index (χ4v) is 3.94. The van der Waals surface area contributed by atoms with Gasteiger partial charge in [-0.15, -0.1) is 11.8 Å². The third kappa shape index (κ3) is 4.38. The summed E-state index contributed by atoms with van der Waals surface area (Å²) >= 11 is 1.43. The highest BCUT2D eigenvalue weighted by molar-refractivity contribution is 8.00. The van der Waals surface area contributed by atoms with Crippen molar-refractivity contribution in [2.24, 2.45) is 0 Å². The van der Waals surface area contributed by atoms with Crippen LogP contribution in [-0.2, 0) is 23.9 Å². The van der Waals surface area contributed by atoms with Gasteiger partial charge < -0.3 is 19.7 Å². The molecule has 1 aromatic carbocycles. The van der Waals surface area contributed by atoms with Crippen LogP contribution < -0.4 is 15.1 Å². The largest absolute Gasteiger partial charge is 0.469 e. The van der Waals surface area contributed by atoms with E-state index in [-0.39, 0.29) is 31.2 Å². The number of rotatable bonds is 6. The number of hydrogen-bond acceptors (Lipinski definition) is 7. The standard InChI is InChI=1S/C18H21N3O6S/c1-20-13-4-3-11(7-14(13)28-10-16(20)23)21-9-12(27-18(21)25)8-19-15(22)5-6-17(24)26-2/h3-4,7,12H,5-6,8-10H2,1-2H3,(H,19,22). The molecule has 0 bridgehead atoms. The SMILES string of the molecule is COC(=O)CCC(=O)NCC1CN(c2ccc3c(c2)SCC(=O)N3C)C(=O)O1. The highest BCUT2D eigenvalue weighted by Gasteiger charge is 2.33. The first kappa shape index (κ1) is 20.0. The number of hydrogen-bond donors (Lipinski definition) is 1. The van der Waals surface area contributed by atoms with Crippen molar-refractivity contribution in [2.45, 2.75) is 23.8 Å². The second-order valence-corrected chi connectivity index (χ2v) is 7.41. The van der Waals surface area contributed by atoms with E-state index in [0.717, 1.165) is 10.6 Å². The van der Waals surface area contributed by atoms with Crippen LogP contribution in [0.5, 0.6) is 0 Å². The zero-order chi connectivity index (χ0) is 20.3. The van der Waals surface area contributed by atoms with Gasteiger partial charge in [0.15, 0.2) is 0 Å². The monoisotopic (exact) mass is 407 g/mol. The minimum absolute atomic E-state index is 0.00263. The highest BCUT2D eigenvalue weighted by Crippen LogP contribution is 2.38. The molecule has 150 valence electrons. The molecule has 0 aliphatic carbocycles. The Morgan fingerprint density at radius 1 is 1.32 bits per heavy atom. The normalized spacial score (nSPS) is 18.6. The molecule has 0 aromatic heterocycles. The minimum atomic E-state index is -0.487. The molecular weight excluding hydrogens is 386 g/mol. The molecule has 2 aliphatic heterocycles. The van der Waals surface area contributed by atoms with Gasteiger partial charge in [0.05, 0.1) is 38.1 Å². The Bertz CT molecular complexity index is 815. The van der Waals surface area contributed by atoms with Gasteiger partial charge in [0.2, 0.25) is 11.8 Å². The number of anilines is 2. The molecular formula is C18H21N3O6S. The van der Waals surface area contributed by atoms with Crippen LogP contribution >= 0.6 is 11.8 Å². The van der Waals surface area contributed by atoms with Gasteiger partial charge in [0.1, 0.15) is 6.10 Å². The minimum Gasteiger partial charge on any atom is -0.469 e. The predicted octanol–water partition coefficient (Wildman–Crippen LogP) is 1.15. The second-order valence-electron chi connectivity index (χ2n) is 6.39. The van der Waals surface area contributed by atoms with E-state index >= 15 is 0 Å². The van der Waals surface area contributed by atoms with Gasteiger partial charge in [-0.05, 0) is 18.2 Å². The molecule has 10 heteroatoms. The van der Waals surface area contributed by atoms with Gasteiger partial charge in [0, 0.05) is 24.1 Å². The highest BCUT2D eigenvalue weighted by atomic mass is 32.2. The van der Waals surface area contributed by atoms with Crippen molar-refractivity contribution < 1.29 is 28.7 Å². The van der Waals surface area contributed by atoms with E-state index in [1.807, 2.05) is 12.1 Å². The molecule has 1 saturated heterocycles. The molecule has 0 radical (unpaired) electrons. The molecule has 1 atom stereocenters. The van der Waals surface area contributed by atoms with E-state index < -0.39 is 18.2 Å². The quantitative estimate of drug-likeness (QED) is 0.705. The molecule has 1 fully saturated rings. The van der Waals surface area contributed by atoms with E-state index in [1.54, 1.807) is 18.0 Å². The molecule has 0 saturated carbocycles. The summed E-state index contributed by atoms with van der Waals surface area (Å²) in [5.41, 5.74) is 1.49. The first-order valence-corrected chi connectivity index (χ1v) is 9.72. The number of thioether (sulfide) groups is 1. The third-order valence-corrected chi connectivity index (χ3v) is 5.56. The molecule has 1 aromatic rings. The van der Waals surface area contributed by atoms with Crippen molar-refractivity contribution in [1.82, 2.24) is 5.32 Å². The maximum absolute atomic E-state index is 12.2. The molecule has 2 aliphatic rings. The number of nitrogens with one attached hydrogen (secondary N) is 1. The van der Waals surface area contributed by atoms with Crippen LogP contribution in [0.15, 0.2) is 23.1 Å². The maximum atomic E-state index is 12.2. The van der Waals surface area contributed by atoms with Crippen LogP contribution in [-0.4, -0.2) is 63.0 Å². The Balaban J connectivity index is 1.57. The number of methoxy groups -OCH3 is 1. The Morgan fingerprint density at radius 3 is 2.86 bits per heavy atom. The average molecular weight is 407 g/mol. The zero-order valence-corrected chi connectivity index (χ0v) is 16.4. The number of ether oxygens (including phenoxy) is 2. The number of cyclic esters (lactones) is 1. The lowest BCUT2D eigenvalue weighted by atomic mass is 10.2. The van der Waals surface area contributed by atoms with Gasteiger partial charge in [-0.3, -0.25) is 19.3 Å². The molecule has 3 amide bonds. The lowest BCUT2D eigenvalue weighted by Gasteiger charge is -2.26. The average Bonchev–Trinajstić information content (AvgIpc) is 3.07. The summed E-state index contributed by atoms with van der Waals surface area (Å²) in [6.07, 6.45) is -0.949. The third-order valence-electron chi connectivity index (χ3n) is 4.53. The van der Waals surface area contributed by atoms with Crippen LogP contribution in [0.4, 0.5) is 16.2 Å². The molecule has 9 nitrogen and oxygen atoms in total. The van der Waals surface area contributed by atoms with E-state index in [9.17, 15) is 19.2 Å². The van der Waals surface area contributed by atoms with Crippen LogP contribution in [0.1, 0.15) is 12.8 Å². The zero-order valence-electron chi connectivity index (χ0n) is 15.6. The number of carbonyl (C=O) groups is 4. The summed E-state index contributed by atoms with van der Waals surface area (Å²) in [6.45, 7) is 0.466. The van der Waals surface area contributed by atoms with E-state index in [0.29, 0.717) is 18.0 Å². The first-order chi connectivity index (χ1) is 13.4. The first-order valence-electron chi connectivity index (χ1n) is 8.74. The van der Waals surface area contributed by atoms with Gasteiger partial charge >= 0.3 is 12.1 Å². The van der Waals surface area contributed by atoms with Crippen molar-refractivity contribution in [3.63, 3.8) is 0 Å². The molecule has 2 heterocycles. The lowest BCUT2D eigenvalue weighted by molar-refractivity contribution is -0.142. The molecule has 1 N–H and O–H groups in total. The number of carbonyl (C=O) groups excluding carboxylic acids is 4. The maximum Gasteiger partial charge on any atom is 0.414 e. The second kappa shape index (κ2) is 8.51. The molecule has 1 unspecified atom stereocenters. The summed E-state index contributed by atoms with van der Waals surface area (Å²) in [6, 6.07) is 5.44. The summed E-state index contributed by atoms with van der Waals surface area (Å²) in [4.78, 5) is 50.9. The van der Waals surface area contributed by atoms with Crippen LogP contribution in [0, 0.1) is 0 Å². The number of esters is 1. The van der Waals surface area contributed by atoms with E-state index in [1.165, 1.54) is 23.8 Å². The summed E-state index contributed by atoms with van der Waals surface area (Å²) in [5, 5.41) is 2.66. The summed E-state index contributed by atoms with van der Waals surface area (Å²) in [5.74, 6) is -0.365.